The van der Waals surface area contributed by atoms with Crippen LogP contribution in [-0.4, -0.2) is 13.4 Å². The van der Waals surface area contributed by atoms with Crippen LogP contribution in [-0.2, 0) is 10.0 Å². The first-order valence-electron chi connectivity index (χ1n) is 8.15. The lowest BCUT2D eigenvalue weighted by Gasteiger charge is -2.11. The quantitative estimate of drug-likeness (QED) is 0.515. The molecule has 0 aliphatic carbocycles. The van der Waals surface area contributed by atoms with Crippen molar-refractivity contribution >= 4 is 32.6 Å². The molecule has 2 aromatic heterocycles. The molecular formula is C20H13ClN2O4S. The molecule has 6 nitrogen and oxygen atoms in total. The van der Waals surface area contributed by atoms with Crippen LogP contribution in [0.25, 0.3) is 33.4 Å². The molecule has 0 radical (unpaired) electrons. The standard InChI is InChI=1S/C20H13ClN2O4S/c21-17-10-7-13(11-23-17)18-19(24)15-3-1-2-4-16(15)27-20(18)12-5-8-14(9-6-12)28(22,25)26/h1-11H,(H2,22,25,26). The highest BCUT2D eigenvalue weighted by Gasteiger charge is 2.19. The van der Waals surface area contributed by atoms with Crippen molar-refractivity contribution < 1.29 is 12.8 Å². The molecule has 0 saturated carbocycles. The number of para-hydroxylation sites is 1. The molecule has 2 N–H and O–H groups in total. The number of sulfonamides is 1. The van der Waals surface area contributed by atoms with Gasteiger partial charge in [0, 0.05) is 17.3 Å². The third-order valence-corrected chi connectivity index (χ3v) is 5.41. The molecule has 4 rings (SSSR count). The number of nitrogens with two attached hydrogens (primary N) is 1. The van der Waals surface area contributed by atoms with Crippen LogP contribution in [0.3, 0.4) is 0 Å². The van der Waals surface area contributed by atoms with Crippen LogP contribution in [0, 0.1) is 0 Å². The van der Waals surface area contributed by atoms with Crippen LogP contribution in [0.1, 0.15) is 0 Å². The molecule has 8 heteroatoms. The van der Waals surface area contributed by atoms with E-state index < -0.39 is 10.0 Å². The molecule has 0 fully saturated rings. The third kappa shape index (κ3) is 3.31. The van der Waals surface area contributed by atoms with E-state index in [1.165, 1.54) is 18.3 Å². The van der Waals surface area contributed by atoms with E-state index in [4.69, 9.17) is 21.2 Å². The van der Waals surface area contributed by atoms with Gasteiger partial charge in [0.15, 0.2) is 0 Å². The number of pyridine rings is 1. The Labute approximate surface area is 165 Å². The topological polar surface area (TPSA) is 103 Å². The van der Waals surface area contributed by atoms with Gasteiger partial charge >= 0.3 is 0 Å². The van der Waals surface area contributed by atoms with Gasteiger partial charge in [-0.2, -0.15) is 0 Å². The number of halogens is 1. The van der Waals surface area contributed by atoms with Crippen LogP contribution in [0.4, 0.5) is 0 Å². The summed E-state index contributed by atoms with van der Waals surface area (Å²) in [5, 5.41) is 5.88. The number of benzene rings is 2. The maximum Gasteiger partial charge on any atom is 0.238 e. The fraction of sp³-hybridized carbons (Fsp3) is 0. The maximum absolute atomic E-state index is 13.2. The van der Waals surface area contributed by atoms with Gasteiger partial charge < -0.3 is 4.42 Å². The minimum absolute atomic E-state index is 0.0332. The molecule has 28 heavy (non-hydrogen) atoms. The molecular weight excluding hydrogens is 400 g/mol. The first kappa shape index (κ1) is 18.4. The Balaban J connectivity index is 2.03. The summed E-state index contributed by atoms with van der Waals surface area (Å²) in [5.41, 5.74) is 1.57. The monoisotopic (exact) mass is 412 g/mol. The van der Waals surface area contributed by atoms with E-state index in [9.17, 15) is 13.2 Å². The Morgan fingerprint density at radius 1 is 0.929 bits per heavy atom. The molecule has 140 valence electrons. The van der Waals surface area contributed by atoms with Gasteiger partial charge in [-0.1, -0.05) is 23.7 Å². The van der Waals surface area contributed by atoms with Crippen LogP contribution in [0.2, 0.25) is 5.15 Å². The number of primary sulfonamides is 1. The first-order chi connectivity index (χ1) is 13.3. The molecule has 4 aromatic rings. The first-order valence-corrected chi connectivity index (χ1v) is 10.1. The third-order valence-electron chi connectivity index (χ3n) is 4.26. The zero-order valence-corrected chi connectivity index (χ0v) is 15.9. The van der Waals surface area contributed by atoms with Gasteiger partial charge in [0.2, 0.25) is 15.5 Å². The summed E-state index contributed by atoms with van der Waals surface area (Å²) in [6.07, 6.45) is 1.49. The van der Waals surface area contributed by atoms with Crippen LogP contribution >= 0.6 is 11.6 Å². The Kier molecular flexibility index (Phi) is 4.50. The van der Waals surface area contributed by atoms with E-state index in [0.29, 0.717) is 38.6 Å². The summed E-state index contributed by atoms with van der Waals surface area (Å²) in [6.45, 7) is 0. The summed E-state index contributed by atoms with van der Waals surface area (Å²) in [4.78, 5) is 17.2. The van der Waals surface area contributed by atoms with Crippen molar-refractivity contribution in [3.8, 4) is 22.5 Å². The van der Waals surface area contributed by atoms with Crippen molar-refractivity contribution in [1.29, 1.82) is 0 Å². The molecule has 0 aliphatic heterocycles. The van der Waals surface area contributed by atoms with Gasteiger partial charge in [-0.3, -0.25) is 4.79 Å². The molecule has 0 saturated heterocycles. The number of aromatic nitrogens is 1. The van der Waals surface area contributed by atoms with Gasteiger partial charge in [-0.25, -0.2) is 18.5 Å². The minimum Gasteiger partial charge on any atom is -0.455 e. The second kappa shape index (κ2) is 6.87. The van der Waals surface area contributed by atoms with Crippen molar-refractivity contribution in [2.24, 2.45) is 5.14 Å². The predicted molar refractivity (Wildman–Crippen MR) is 108 cm³/mol. The average Bonchev–Trinajstić information content (AvgIpc) is 2.68. The normalized spacial score (nSPS) is 11.6. The summed E-state index contributed by atoms with van der Waals surface area (Å²) < 4.78 is 29.1. The average molecular weight is 413 g/mol. The summed E-state index contributed by atoms with van der Waals surface area (Å²) in [7, 11) is -3.83. The molecule has 0 unspecified atom stereocenters. The number of hydrogen-bond donors (Lipinski definition) is 1. The Hall–Kier alpha value is -3.00. The number of hydrogen-bond acceptors (Lipinski definition) is 5. The summed E-state index contributed by atoms with van der Waals surface area (Å²) in [6, 6.07) is 16.0. The van der Waals surface area contributed by atoms with E-state index in [2.05, 4.69) is 4.98 Å². The van der Waals surface area contributed by atoms with Crippen molar-refractivity contribution in [2.45, 2.75) is 4.90 Å². The van der Waals surface area contributed by atoms with Gasteiger partial charge in [0.1, 0.15) is 16.5 Å². The lowest BCUT2D eigenvalue weighted by atomic mass is 9.99. The Morgan fingerprint density at radius 3 is 2.25 bits per heavy atom. The molecule has 2 aromatic carbocycles. The number of nitrogens with zero attached hydrogens (tertiary/aromatic N) is 1. The van der Waals surface area contributed by atoms with Crippen molar-refractivity contribution in [3.63, 3.8) is 0 Å². The zero-order chi connectivity index (χ0) is 19.9. The minimum atomic E-state index is -3.83. The summed E-state index contributed by atoms with van der Waals surface area (Å²) >= 11 is 5.87. The molecule has 0 bridgehead atoms. The number of rotatable bonds is 3. The summed E-state index contributed by atoms with van der Waals surface area (Å²) in [5.74, 6) is 0.300. The molecule has 2 heterocycles. The molecule has 0 atom stereocenters. The highest BCUT2D eigenvalue weighted by Crippen LogP contribution is 2.33. The Morgan fingerprint density at radius 2 is 1.61 bits per heavy atom. The lowest BCUT2D eigenvalue weighted by Crippen LogP contribution is -2.12. The second-order valence-electron chi connectivity index (χ2n) is 6.07. The van der Waals surface area contributed by atoms with Crippen molar-refractivity contribution in [3.05, 3.63) is 82.2 Å². The Bertz CT molecular complexity index is 1350. The number of fused-ring (bicyclic) bond motifs is 1. The van der Waals surface area contributed by atoms with Crippen LogP contribution in [0.5, 0.6) is 0 Å². The van der Waals surface area contributed by atoms with E-state index in [0.717, 1.165) is 0 Å². The second-order valence-corrected chi connectivity index (χ2v) is 8.02. The molecule has 0 aliphatic rings. The lowest BCUT2D eigenvalue weighted by molar-refractivity contribution is 0.597. The van der Waals surface area contributed by atoms with E-state index in [1.807, 2.05) is 0 Å². The maximum atomic E-state index is 13.2. The fourth-order valence-electron chi connectivity index (χ4n) is 2.93. The SMILES string of the molecule is NS(=O)(=O)c1ccc(-c2oc3ccccc3c(=O)c2-c2ccc(Cl)nc2)cc1. The van der Waals surface area contributed by atoms with E-state index in [-0.39, 0.29) is 10.3 Å². The highest BCUT2D eigenvalue weighted by molar-refractivity contribution is 7.89. The van der Waals surface area contributed by atoms with Gasteiger partial charge in [0.25, 0.3) is 0 Å². The van der Waals surface area contributed by atoms with Crippen LogP contribution in [0.15, 0.2) is 81.0 Å². The molecule has 0 spiro atoms. The van der Waals surface area contributed by atoms with Gasteiger partial charge in [0.05, 0.1) is 15.8 Å². The van der Waals surface area contributed by atoms with E-state index in [1.54, 1.807) is 48.5 Å². The van der Waals surface area contributed by atoms with Crippen molar-refractivity contribution in [1.82, 2.24) is 4.98 Å². The fourth-order valence-corrected chi connectivity index (χ4v) is 3.55. The van der Waals surface area contributed by atoms with Crippen LogP contribution < -0.4 is 10.6 Å². The van der Waals surface area contributed by atoms with Gasteiger partial charge in [-0.05, 0) is 48.5 Å². The van der Waals surface area contributed by atoms with E-state index >= 15 is 0 Å². The van der Waals surface area contributed by atoms with Gasteiger partial charge in [-0.15, -0.1) is 0 Å². The largest absolute Gasteiger partial charge is 0.455 e. The predicted octanol–water partition coefficient (Wildman–Crippen LogP) is 3.82. The smallest absolute Gasteiger partial charge is 0.238 e. The van der Waals surface area contributed by atoms with Crippen molar-refractivity contribution in [2.75, 3.05) is 0 Å². The highest BCUT2D eigenvalue weighted by atomic mass is 35.5. The zero-order valence-electron chi connectivity index (χ0n) is 14.3. The molecule has 0 amide bonds.